The highest BCUT2D eigenvalue weighted by molar-refractivity contribution is 5.97. The lowest BCUT2D eigenvalue weighted by atomic mass is 9.88. The van der Waals surface area contributed by atoms with Gasteiger partial charge in [-0.15, -0.1) is 0 Å². The van der Waals surface area contributed by atoms with E-state index in [2.05, 4.69) is 69.0 Å². The summed E-state index contributed by atoms with van der Waals surface area (Å²) in [6.45, 7) is 1.79. The molecular formula is C88H96F5N9O7. The van der Waals surface area contributed by atoms with Crippen LogP contribution in [0, 0.1) is 29.4 Å². The molecule has 21 heteroatoms. The van der Waals surface area contributed by atoms with Gasteiger partial charge in [-0.25, -0.2) is 13.6 Å². The average Bonchev–Trinajstić information content (AvgIpc) is 1.62. The largest absolute Gasteiger partial charge is 0.467 e. The maximum absolute atomic E-state index is 14.0. The zero-order valence-corrected chi connectivity index (χ0v) is 61.9. The Morgan fingerprint density at radius 3 is 1.52 bits per heavy atom. The van der Waals surface area contributed by atoms with Crippen LogP contribution in [-0.2, 0) is 64.3 Å². The highest BCUT2D eigenvalue weighted by atomic mass is 19.4. The summed E-state index contributed by atoms with van der Waals surface area (Å²) in [5.41, 5.74) is 13.2. The predicted molar refractivity (Wildman–Crippen MR) is 406 cm³/mol. The minimum absolute atomic E-state index is 0.0408. The quantitative estimate of drug-likeness (QED) is 0.0286. The fraction of sp³-hybridized carbons (Fsp3) is 0.409. The number of amides is 3. The Kier molecular flexibility index (Phi) is 25.3. The van der Waals surface area contributed by atoms with Crippen LogP contribution in [0.2, 0.25) is 0 Å². The van der Waals surface area contributed by atoms with Gasteiger partial charge in [-0.1, -0.05) is 196 Å². The second-order valence-electron chi connectivity index (χ2n) is 29.8. The second-order valence-corrected chi connectivity index (χ2v) is 29.8. The molecule has 2 bridgehead atoms. The van der Waals surface area contributed by atoms with Crippen LogP contribution in [0.15, 0.2) is 182 Å². The Balaban J connectivity index is 0.000000145. The molecule has 5 unspecified atom stereocenters. The maximum atomic E-state index is 14.0. The van der Waals surface area contributed by atoms with Crippen LogP contribution in [0.3, 0.4) is 0 Å². The summed E-state index contributed by atoms with van der Waals surface area (Å²) in [5.74, 6) is -2.39. The van der Waals surface area contributed by atoms with Gasteiger partial charge in [0.25, 0.3) is 17.7 Å². The summed E-state index contributed by atoms with van der Waals surface area (Å²) in [5, 5.41) is 22.6. The monoisotopic (exact) mass is 1490 g/mol. The van der Waals surface area contributed by atoms with E-state index in [0.29, 0.717) is 49.1 Å². The molecule has 3 amide bonds. The number of alkyl halides is 3. The molecule has 3 N–H and O–H groups in total. The van der Waals surface area contributed by atoms with E-state index < -0.39 is 36.5 Å². The number of carbonyl (C=O) groups is 5. The zero-order valence-electron chi connectivity index (χ0n) is 61.9. The third kappa shape index (κ3) is 18.7. The Bertz CT molecular complexity index is 4600. The van der Waals surface area contributed by atoms with Gasteiger partial charge in [0.05, 0.1) is 50.2 Å². The van der Waals surface area contributed by atoms with Crippen molar-refractivity contribution in [1.29, 1.82) is 0 Å². The number of nitrogens with one attached hydrogen (secondary N) is 3. The number of fused-ring (bicyclic) bond motifs is 5. The first-order chi connectivity index (χ1) is 53.0. The van der Waals surface area contributed by atoms with Crippen LogP contribution in [0.1, 0.15) is 226 Å². The number of methoxy groups -OCH3 is 1. The Morgan fingerprint density at radius 1 is 0.523 bits per heavy atom. The molecule has 0 spiro atoms. The van der Waals surface area contributed by atoms with Crippen LogP contribution in [0.25, 0.3) is 0 Å². The van der Waals surface area contributed by atoms with Gasteiger partial charge in [-0.3, -0.25) is 33.2 Å². The lowest BCUT2D eigenvalue weighted by molar-refractivity contribution is -0.149. The van der Waals surface area contributed by atoms with Gasteiger partial charge in [0.1, 0.15) is 24.2 Å². The number of benzene rings is 6. The van der Waals surface area contributed by atoms with Gasteiger partial charge < -0.3 is 25.4 Å². The minimum Gasteiger partial charge on any atom is -0.467 e. The Morgan fingerprint density at radius 2 is 1.00 bits per heavy atom. The second kappa shape index (κ2) is 35.8. The van der Waals surface area contributed by atoms with Gasteiger partial charge in [-0.2, -0.15) is 28.5 Å². The molecule has 0 aliphatic heterocycles. The summed E-state index contributed by atoms with van der Waals surface area (Å²) < 4.78 is 81.4. The van der Waals surface area contributed by atoms with Crippen molar-refractivity contribution < 1.29 is 55.4 Å². The highest BCUT2D eigenvalue weighted by Gasteiger charge is 2.50. The molecule has 16 nitrogen and oxygen atoms in total. The fourth-order valence-electron chi connectivity index (χ4n) is 17.4. The highest BCUT2D eigenvalue weighted by Crippen LogP contribution is 2.46. The van der Waals surface area contributed by atoms with Gasteiger partial charge >= 0.3 is 18.1 Å². The number of nitrogens with zero attached hydrogens (tertiary/aromatic N) is 6. The van der Waals surface area contributed by atoms with Crippen molar-refractivity contribution in [1.82, 2.24) is 45.3 Å². The standard InChI is InChI=1S/C32H40FN3O3.C32H32FN3O3.C24H24F3N3O/c1-2-39-32(38)27-21-14-15-22(19-21)28(27)34-31(37)29-26-11-7-6-8-23(18-20-12-16-24(33)17-13-20)30(26)36(35-29)25-9-4-3-5-10-25;1-39-32(38)28(20-22-16-18-25(33)19-17-22)34-31(37)29-27-15-9-8-14-26(24-12-6-3-7-13-24)30(27)36(35-29)21-23-10-4-2-5-11-23;25-24(26,27)16-28-23(31)21-20-14-8-7-13-19(18-11-5-2-6-12-18)22(20)30(29-21)15-17-9-3-1-4-10-17/h12-17,21-23,25,27-28H,2-11,18-19H2,1H3,(H,34,37);2-7,10-13,16-19,26,28H,8-9,14-15,20-21H2,1H3,(H,34,37);1-6,9-12,19H,7-8,13-16H2,(H,28,31)/t21?,22?,23?,27-,28+;26?,28-;/m01./s1. The average molecular weight is 1490 g/mol. The van der Waals surface area contributed by atoms with Crippen LogP contribution in [0.5, 0.6) is 0 Å². The van der Waals surface area contributed by atoms with Crippen molar-refractivity contribution in [2.24, 2.45) is 17.8 Å². The van der Waals surface area contributed by atoms with Crippen molar-refractivity contribution in [2.45, 2.75) is 190 Å². The number of allylic oxidation sites excluding steroid dienone is 1. The lowest BCUT2D eigenvalue weighted by Crippen LogP contribution is -2.46. The number of ether oxygens (including phenoxy) is 2. The molecule has 570 valence electrons. The van der Waals surface area contributed by atoms with Crippen LogP contribution in [-0.4, -0.2) is 97.5 Å². The summed E-state index contributed by atoms with van der Waals surface area (Å²) in [7, 11) is 1.29. The molecule has 8 atom stereocenters. The molecule has 15 rings (SSSR count). The number of carbonyl (C=O) groups excluding carboxylic acids is 5. The van der Waals surface area contributed by atoms with E-state index in [1.54, 1.807) is 12.1 Å². The van der Waals surface area contributed by atoms with Crippen molar-refractivity contribution in [3.63, 3.8) is 0 Å². The van der Waals surface area contributed by atoms with E-state index in [0.717, 1.165) is 147 Å². The topological polar surface area (TPSA) is 193 Å². The smallest absolute Gasteiger partial charge is 0.405 e. The molecule has 0 radical (unpaired) electrons. The normalized spacial score (nSPS) is 20.3. The molecule has 6 aliphatic rings. The summed E-state index contributed by atoms with van der Waals surface area (Å²) in [4.78, 5) is 65.9. The van der Waals surface area contributed by atoms with E-state index in [9.17, 15) is 45.9 Å². The maximum Gasteiger partial charge on any atom is 0.405 e. The first kappa shape index (κ1) is 76.9. The van der Waals surface area contributed by atoms with Gasteiger partial charge in [0.2, 0.25) is 0 Å². The van der Waals surface area contributed by atoms with Gasteiger partial charge in [-0.05, 0) is 160 Å². The third-order valence-corrected chi connectivity index (χ3v) is 22.5. The number of halogens is 5. The first-order valence-electron chi connectivity index (χ1n) is 38.8. The first-order valence-corrected chi connectivity index (χ1v) is 38.8. The van der Waals surface area contributed by atoms with Crippen molar-refractivity contribution in [2.75, 3.05) is 20.3 Å². The molecular weight excluding hydrogens is 1390 g/mol. The van der Waals surface area contributed by atoms with Crippen molar-refractivity contribution >= 4 is 29.7 Å². The van der Waals surface area contributed by atoms with Gasteiger partial charge in [0, 0.05) is 52.6 Å². The van der Waals surface area contributed by atoms with Crippen LogP contribution in [0.4, 0.5) is 22.0 Å². The number of rotatable bonds is 20. The molecule has 6 aliphatic carbocycles. The molecule has 6 aromatic carbocycles. The van der Waals surface area contributed by atoms with E-state index in [1.165, 1.54) is 61.9 Å². The zero-order chi connectivity index (χ0) is 76.0. The van der Waals surface area contributed by atoms with E-state index in [1.807, 2.05) is 119 Å². The molecule has 2 saturated carbocycles. The summed E-state index contributed by atoms with van der Waals surface area (Å²) in [6.07, 6.45) is 18.5. The van der Waals surface area contributed by atoms with E-state index >= 15 is 0 Å². The molecule has 2 fully saturated rings. The Hall–Kier alpha value is -10.3. The Labute approximate surface area is 633 Å². The van der Waals surface area contributed by atoms with Crippen LogP contribution >= 0.6 is 0 Å². The number of aromatic nitrogens is 6. The summed E-state index contributed by atoms with van der Waals surface area (Å²) >= 11 is 0. The number of esters is 2. The van der Waals surface area contributed by atoms with E-state index in [4.69, 9.17) is 19.7 Å². The molecule has 3 heterocycles. The summed E-state index contributed by atoms with van der Waals surface area (Å²) in [6, 6.07) is 52.0. The number of hydrogen-bond acceptors (Lipinski definition) is 10. The minimum atomic E-state index is -4.47. The molecule has 9 aromatic rings. The molecule has 109 heavy (non-hydrogen) atoms. The molecule has 0 saturated heterocycles. The predicted octanol–water partition coefficient (Wildman–Crippen LogP) is 16.6. The van der Waals surface area contributed by atoms with Crippen molar-refractivity contribution in [3.8, 4) is 0 Å². The number of hydrogen-bond donors (Lipinski definition) is 3. The van der Waals surface area contributed by atoms with Crippen molar-refractivity contribution in [3.05, 3.63) is 278 Å². The van der Waals surface area contributed by atoms with E-state index in [-0.39, 0.29) is 77.2 Å². The third-order valence-electron chi connectivity index (χ3n) is 22.5. The lowest BCUT2D eigenvalue weighted by Gasteiger charge is -2.27. The SMILES string of the molecule is CCOC(=O)[C@H]1C2C=CC(C2)[C@H]1NC(=O)c1nn(C2CCCCC2)c2c1CCCCC2Cc1ccc(F)cc1.COC(=O)[C@@H](Cc1ccc(F)cc1)NC(=O)c1nn(Cc2ccccc2)c2c1CCCCC2c1ccccc1.O=C(NCC(F)(F)F)c1nn(Cc2ccccc2)c2c1CCCCC2c1ccccc1. The van der Waals surface area contributed by atoms with Gasteiger partial charge in [0.15, 0.2) is 17.1 Å². The van der Waals surface area contributed by atoms with Crippen LogP contribution < -0.4 is 16.0 Å². The fourth-order valence-corrected chi connectivity index (χ4v) is 17.4. The molecule has 3 aromatic heterocycles.